The van der Waals surface area contributed by atoms with Crippen LogP contribution < -0.4 is 5.32 Å². The molecule has 13 heteroatoms. The fraction of sp³-hybridized carbons (Fsp3) is 0.316. The van der Waals surface area contributed by atoms with Crippen molar-refractivity contribution in [3.8, 4) is 0 Å². The van der Waals surface area contributed by atoms with Crippen molar-refractivity contribution in [2.45, 2.75) is 56.3 Å². The zero-order valence-electron chi connectivity index (χ0n) is 27.7. The lowest BCUT2D eigenvalue weighted by Gasteiger charge is -2.25. The van der Waals surface area contributed by atoms with Gasteiger partial charge in [-0.1, -0.05) is 91.0 Å². The number of imidazole rings is 1. The molecule has 7 rings (SSSR count). The van der Waals surface area contributed by atoms with Crippen molar-refractivity contribution in [3.63, 3.8) is 0 Å². The Labute approximate surface area is 293 Å². The first-order valence-corrected chi connectivity index (χ1v) is 16.8. The van der Waals surface area contributed by atoms with Gasteiger partial charge in [0.25, 0.3) is 0 Å². The minimum atomic E-state index is -1.16. The third-order valence-electron chi connectivity index (χ3n) is 8.71. The minimum Gasteiger partial charge on any atom is -0.463 e. The second-order valence-electron chi connectivity index (χ2n) is 12.4. The molecular weight excluding hydrogens is 654 g/mol. The van der Waals surface area contributed by atoms with Gasteiger partial charge in [-0.15, -0.1) is 0 Å². The molecule has 2 aliphatic heterocycles. The van der Waals surface area contributed by atoms with Crippen LogP contribution in [0.2, 0.25) is 0 Å². The third-order valence-corrected chi connectivity index (χ3v) is 8.71. The van der Waals surface area contributed by atoms with Gasteiger partial charge in [-0.3, -0.25) is 19.0 Å². The van der Waals surface area contributed by atoms with Crippen LogP contribution in [0.5, 0.6) is 0 Å². The predicted molar refractivity (Wildman–Crippen MR) is 183 cm³/mol. The second-order valence-corrected chi connectivity index (χ2v) is 12.4. The van der Waals surface area contributed by atoms with Gasteiger partial charge >= 0.3 is 17.9 Å². The van der Waals surface area contributed by atoms with Crippen molar-refractivity contribution >= 4 is 34.9 Å². The molecule has 2 saturated heterocycles. The zero-order valence-corrected chi connectivity index (χ0v) is 27.7. The van der Waals surface area contributed by atoms with Crippen LogP contribution in [-0.4, -0.2) is 81.6 Å². The highest BCUT2D eigenvalue weighted by molar-refractivity contribution is 5.83. The summed E-state index contributed by atoms with van der Waals surface area (Å²) in [6.45, 7) is 0.917. The highest BCUT2D eigenvalue weighted by Gasteiger charge is 2.51. The lowest BCUT2D eigenvalue weighted by Crippen LogP contribution is -2.41. The summed E-state index contributed by atoms with van der Waals surface area (Å²) in [7, 11) is 0. The number of benzene rings is 3. The van der Waals surface area contributed by atoms with Crippen LogP contribution in [0.3, 0.4) is 0 Å². The molecule has 5 aromatic rings. The Morgan fingerprint density at radius 2 is 1.33 bits per heavy atom. The van der Waals surface area contributed by atoms with Gasteiger partial charge in [0.2, 0.25) is 0 Å². The maximum Gasteiger partial charge on any atom is 0.310 e. The molecule has 0 aliphatic carbocycles. The average Bonchev–Trinajstić information content (AvgIpc) is 3.89. The topological polar surface area (TPSA) is 153 Å². The molecule has 0 bridgehead atoms. The Kier molecular flexibility index (Phi) is 10.6. The van der Waals surface area contributed by atoms with Crippen LogP contribution in [0.15, 0.2) is 104 Å². The van der Waals surface area contributed by atoms with E-state index in [1.165, 1.54) is 12.7 Å². The van der Waals surface area contributed by atoms with Gasteiger partial charge in [-0.2, -0.15) is 0 Å². The summed E-state index contributed by atoms with van der Waals surface area (Å²) >= 11 is 0. The van der Waals surface area contributed by atoms with Crippen molar-refractivity contribution in [1.29, 1.82) is 0 Å². The molecule has 3 aromatic carbocycles. The van der Waals surface area contributed by atoms with E-state index in [-0.39, 0.29) is 31.9 Å². The van der Waals surface area contributed by atoms with E-state index in [1.54, 1.807) is 4.57 Å². The van der Waals surface area contributed by atoms with Crippen molar-refractivity contribution in [1.82, 2.24) is 19.5 Å². The summed E-state index contributed by atoms with van der Waals surface area (Å²) in [5.41, 5.74) is 3.14. The molecular formula is C38H37N5O8. The Bertz CT molecular complexity index is 1940. The molecule has 1 unspecified atom stereocenters. The van der Waals surface area contributed by atoms with Crippen LogP contribution in [-0.2, 0) is 57.3 Å². The van der Waals surface area contributed by atoms with E-state index in [4.69, 9.17) is 23.7 Å². The highest BCUT2D eigenvalue weighted by atomic mass is 16.7. The Morgan fingerprint density at radius 1 is 0.745 bits per heavy atom. The Hall–Kier alpha value is -5.66. The van der Waals surface area contributed by atoms with Crippen molar-refractivity contribution in [2.75, 3.05) is 25.1 Å². The molecule has 1 N–H and O–H groups in total. The van der Waals surface area contributed by atoms with Gasteiger partial charge in [-0.05, 0) is 23.1 Å². The number of rotatable bonds is 13. The number of carbonyl (C=O) groups excluding carboxylic acids is 3. The van der Waals surface area contributed by atoms with E-state index in [1.807, 2.05) is 91.0 Å². The molecule has 0 saturated carbocycles. The largest absolute Gasteiger partial charge is 0.463 e. The lowest BCUT2D eigenvalue weighted by molar-refractivity contribution is -0.168. The highest BCUT2D eigenvalue weighted by Crippen LogP contribution is 2.37. The number of nitrogens with zero attached hydrogens (tertiary/aromatic N) is 4. The van der Waals surface area contributed by atoms with Gasteiger partial charge in [0, 0.05) is 6.61 Å². The average molecular weight is 692 g/mol. The minimum absolute atomic E-state index is 0.0319. The van der Waals surface area contributed by atoms with Gasteiger partial charge in [0.05, 0.1) is 38.2 Å². The molecule has 4 heterocycles. The summed E-state index contributed by atoms with van der Waals surface area (Å²) in [4.78, 5) is 53.4. The molecule has 2 aliphatic rings. The third kappa shape index (κ3) is 8.39. The normalized spacial score (nSPS) is 21.3. The fourth-order valence-corrected chi connectivity index (χ4v) is 6.22. The number of carbonyl (C=O) groups is 3. The van der Waals surface area contributed by atoms with E-state index < -0.39 is 42.4 Å². The van der Waals surface area contributed by atoms with Gasteiger partial charge < -0.3 is 29.0 Å². The van der Waals surface area contributed by atoms with Crippen LogP contribution in [0.4, 0.5) is 5.82 Å². The van der Waals surface area contributed by atoms with E-state index in [0.29, 0.717) is 30.2 Å². The first-order valence-electron chi connectivity index (χ1n) is 16.8. The van der Waals surface area contributed by atoms with Crippen molar-refractivity contribution in [2.24, 2.45) is 0 Å². The lowest BCUT2D eigenvalue weighted by atomic mass is 10.1. The van der Waals surface area contributed by atoms with Crippen molar-refractivity contribution in [3.05, 3.63) is 120 Å². The number of anilines is 1. The number of hydrogen-bond donors (Lipinski definition) is 1. The molecule has 0 spiro atoms. The smallest absolute Gasteiger partial charge is 0.310 e. The number of esters is 3. The van der Waals surface area contributed by atoms with Gasteiger partial charge in [0.15, 0.2) is 35.4 Å². The first-order chi connectivity index (χ1) is 25.0. The van der Waals surface area contributed by atoms with E-state index >= 15 is 0 Å². The molecule has 13 nitrogen and oxygen atoms in total. The number of hydrogen-bond acceptors (Lipinski definition) is 12. The number of nitrogens with one attached hydrogen (secondary N) is 1. The van der Waals surface area contributed by atoms with Crippen molar-refractivity contribution < 1.29 is 38.1 Å². The standard InChI is InChI=1S/C38H37N5O8/c44-30(18-25-10-4-1-5-11-25)48-22-29-34(50-31(45)19-26-12-6-2-7-13-26)35(51-32(46)20-27-14-8-3-9-15-27)38(49-29)43-24-41-33-36(39-23-40-37(33)43)42-28-16-17-47-21-28/h1-15,23-24,28-29,34-35,38H,16-22H2,(H,39,40,42)/t28-,29-,34-,35-,38?/m1/s1. The van der Waals surface area contributed by atoms with Gasteiger partial charge in [0.1, 0.15) is 19.0 Å². The number of ether oxygens (including phenoxy) is 5. The summed E-state index contributed by atoms with van der Waals surface area (Å²) in [6.07, 6.45) is -0.655. The summed E-state index contributed by atoms with van der Waals surface area (Å²) in [5.74, 6) is -1.11. The van der Waals surface area contributed by atoms with Crippen LogP contribution in [0.25, 0.3) is 11.2 Å². The first kappa shape index (κ1) is 33.8. The molecule has 262 valence electrons. The SMILES string of the molecule is O=C(Cc1ccccc1)OC[C@H]1OC(n2cnc3c(N[C@@H]4CCOC4)ncnc32)[C@H](OC(=O)Cc2ccccc2)[C@@H]1OC(=O)Cc1ccccc1. The zero-order chi connectivity index (χ0) is 35.0. The molecule has 0 amide bonds. The van der Waals surface area contributed by atoms with E-state index in [0.717, 1.165) is 23.1 Å². The Morgan fingerprint density at radius 3 is 1.92 bits per heavy atom. The molecule has 51 heavy (non-hydrogen) atoms. The van der Waals surface area contributed by atoms with Gasteiger partial charge in [-0.25, -0.2) is 15.0 Å². The van der Waals surface area contributed by atoms with Crippen LogP contribution >= 0.6 is 0 Å². The Balaban J connectivity index is 1.19. The summed E-state index contributed by atoms with van der Waals surface area (Å²) in [5, 5.41) is 3.37. The maximum absolute atomic E-state index is 13.5. The molecule has 2 fully saturated rings. The fourth-order valence-electron chi connectivity index (χ4n) is 6.22. The monoisotopic (exact) mass is 691 g/mol. The summed E-state index contributed by atoms with van der Waals surface area (Å²) < 4.78 is 31.5. The van der Waals surface area contributed by atoms with Crippen LogP contribution in [0.1, 0.15) is 29.3 Å². The predicted octanol–water partition coefficient (Wildman–Crippen LogP) is 4.02. The van der Waals surface area contributed by atoms with Crippen LogP contribution in [0, 0.1) is 0 Å². The summed E-state index contributed by atoms with van der Waals surface area (Å²) in [6, 6.07) is 27.6. The molecule has 2 aromatic heterocycles. The van der Waals surface area contributed by atoms with E-state index in [9.17, 15) is 14.4 Å². The molecule has 0 radical (unpaired) electrons. The van der Waals surface area contributed by atoms with E-state index in [2.05, 4.69) is 20.3 Å². The second kappa shape index (κ2) is 15.9. The number of aromatic nitrogens is 4. The maximum atomic E-state index is 13.5. The number of fused-ring (bicyclic) bond motifs is 1. The quantitative estimate of drug-likeness (QED) is 0.140. The molecule has 5 atom stereocenters.